The quantitative estimate of drug-likeness (QED) is 0.851. The van der Waals surface area contributed by atoms with Crippen LogP contribution < -0.4 is 14.2 Å². The summed E-state index contributed by atoms with van der Waals surface area (Å²) in [5.74, 6) is 1.10. The number of rotatable bonds is 5. The highest BCUT2D eigenvalue weighted by molar-refractivity contribution is 5.99. The van der Waals surface area contributed by atoms with Crippen LogP contribution >= 0.6 is 0 Å². The van der Waals surface area contributed by atoms with E-state index in [9.17, 15) is 4.79 Å². The Labute approximate surface area is 116 Å². The summed E-state index contributed by atoms with van der Waals surface area (Å²) in [6.45, 7) is 2.07. The summed E-state index contributed by atoms with van der Waals surface area (Å²) in [6, 6.07) is 3.42. The lowest BCUT2D eigenvalue weighted by molar-refractivity contribution is 0.0520. The Balaban J connectivity index is 2.64. The van der Waals surface area contributed by atoms with Gasteiger partial charge in [-0.2, -0.15) is 0 Å². The first-order valence-electron chi connectivity index (χ1n) is 6.15. The Kier molecular flexibility index (Phi) is 4.02. The number of carbonyl (C=O) groups excluding carboxylic acids is 1. The van der Waals surface area contributed by atoms with E-state index in [0.717, 1.165) is 5.39 Å². The van der Waals surface area contributed by atoms with E-state index in [2.05, 4.69) is 4.98 Å². The molecular weight excluding hydrogens is 262 g/mol. The van der Waals surface area contributed by atoms with Crippen LogP contribution in [0.2, 0.25) is 0 Å². The lowest BCUT2D eigenvalue weighted by atomic mass is 10.2. The molecule has 0 atom stereocenters. The van der Waals surface area contributed by atoms with Gasteiger partial charge in [0.05, 0.1) is 33.5 Å². The maximum Gasteiger partial charge on any atom is 0.354 e. The SMILES string of the molecule is CCOC(=O)c1cc2c(OC)c(OC)c(OC)cc2[nH]1. The first-order valence-corrected chi connectivity index (χ1v) is 6.15. The standard InChI is InChI=1S/C14H17NO5/c1-5-20-14(16)10-6-8-9(15-10)7-11(17-2)13(19-4)12(8)18-3/h6-7,15H,5H2,1-4H3. The zero-order valence-electron chi connectivity index (χ0n) is 11.9. The molecule has 0 fully saturated rings. The summed E-state index contributed by atoms with van der Waals surface area (Å²) < 4.78 is 20.9. The van der Waals surface area contributed by atoms with Gasteiger partial charge in [-0.1, -0.05) is 0 Å². The van der Waals surface area contributed by atoms with Crippen molar-refractivity contribution in [1.82, 2.24) is 4.98 Å². The highest BCUT2D eigenvalue weighted by Gasteiger charge is 2.20. The Morgan fingerprint density at radius 3 is 2.35 bits per heavy atom. The third-order valence-electron chi connectivity index (χ3n) is 2.92. The van der Waals surface area contributed by atoms with E-state index >= 15 is 0 Å². The van der Waals surface area contributed by atoms with E-state index < -0.39 is 5.97 Å². The number of hydrogen-bond donors (Lipinski definition) is 1. The van der Waals surface area contributed by atoms with E-state index in [1.54, 1.807) is 26.2 Å². The number of aromatic nitrogens is 1. The van der Waals surface area contributed by atoms with Crippen molar-refractivity contribution in [1.29, 1.82) is 0 Å². The molecule has 6 heteroatoms. The minimum Gasteiger partial charge on any atom is -0.493 e. The summed E-state index contributed by atoms with van der Waals surface area (Å²) in [4.78, 5) is 14.8. The molecule has 1 heterocycles. The summed E-state index contributed by atoms with van der Waals surface area (Å²) in [6.07, 6.45) is 0. The summed E-state index contributed by atoms with van der Waals surface area (Å²) >= 11 is 0. The summed E-state index contributed by atoms with van der Waals surface area (Å²) in [7, 11) is 4.61. The molecule has 1 N–H and O–H groups in total. The van der Waals surface area contributed by atoms with Gasteiger partial charge in [-0.25, -0.2) is 4.79 Å². The molecule has 0 aliphatic heterocycles. The van der Waals surface area contributed by atoms with Gasteiger partial charge < -0.3 is 23.9 Å². The normalized spacial score (nSPS) is 10.4. The van der Waals surface area contributed by atoms with Crippen molar-refractivity contribution < 1.29 is 23.7 Å². The molecule has 0 unspecified atom stereocenters. The summed E-state index contributed by atoms with van der Waals surface area (Å²) in [5, 5.41) is 0.730. The molecule has 0 radical (unpaired) electrons. The number of ether oxygens (including phenoxy) is 4. The van der Waals surface area contributed by atoms with Gasteiger partial charge >= 0.3 is 5.97 Å². The molecule has 1 aromatic heterocycles. The van der Waals surface area contributed by atoms with Crippen molar-refractivity contribution in [2.75, 3.05) is 27.9 Å². The molecule has 108 valence electrons. The van der Waals surface area contributed by atoms with Gasteiger partial charge in [0.2, 0.25) is 5.75 Å². The molecule has 0 amide bonds. The van der Waals surface area contributed by atoms with Crippen LogP contribution in [0.25, 0.3) is 10.9 Å². The second-order valence-corrected chi connectivity index (χ2v) is 4.01. The molecule has 0 aliphatic carbocycles. The number of fused-ring (bicyclic) bond motifs is 1. The largest absolute Gasteiger partial charge is 0.493 e. The van der Waals surface area contributed by atoms with Crippen molar-refractivity contribution in [3.8, 4) is 17.2 Å². The van der Waals surface area contributed by atoms with Crippen molar-refractivity contribution >= 4 is 16.9 Å². The smallest absolute Gasteiger partial charge is 0.354 e. The van der Waals surface area contributed by atoms with Crippen LogP contribution in [0, 0.1) is 0 Å². The van der Waals surface area contributed by atoms with Gasteiger partial charge in [0.1, 0.15) is 5.69 Å². The van der Waals surface area contributed by atoms with E-state index in [1.165, 1.54) is 14.2 Å². The molecule has 0 spiro atoms. The van der Waals surface area contributed by atoms with Crippen molar-refractivity contribution in [3.05, 3.63) is 17.8 Å². The number of aromatic amines is 1. The van der Waals surface area contributed by atoms with Crippen LogP contribution in [0.4, 0.5) is 0 Å². The fraction of sp³-hybridized carbons (Fsp3) is 0.357. The molecular formula is C14H17NO5. The van der Waals surface area contributed by atoms with E-state index in [-0.39, 0.29) is 0 Å². The van der Waals surface area contributed by atoms with E-state index in [1.807, 2.05) is 0 Å². The summed E-state index contributed by atoms with van der Waals surface area (Å²) in [5.41, 5.74) is 1.07. The van der Waals surface area contributed by atoms with Crippen LogP contribution in [0.5, 0.6) is 17.2 Å². The zero-order valence-corrected chi connectivity index (χ0v) is 11.9. The molecule has 2 rings (SSSR count). The van der Waals surface area contributed by atoms with Crippen LogP contribution in [0.3, 0.4) is 0 Å². The van der Waals surface area contributed by atoms with Crippen LogP contribution in [0.15, 0.2) is 12.1 Å². The maximum atomic E-state index is 11.8. The average Bonchev–Trinajstić information content (AvgIpc) is 2.88. The molecule has 20 heavy (non-hydrogen) atoms. The van der Waals surface area contributed by atoms with Gasteiger partial charge in [-0.3, -0.25) is 0 Å². The Morgan fingerprint density at radius 2 is 1.80 bits per heavy atom. The second-order valence-electron chi connectivity index (χ2n) is 4.01. The predicted molar refractivity (Wildman–Crippen MR) is 73.9 cm³/mol. The third kappa shape index (κ3) is 2.24. The lowest BCUT2D eigenvalue weighted by Crippen LogP contribution is -2.04. The first kappa shape index (κ1) is 14.0. The van der Waals surface area contributed by atoms with Gasteiger partial charge in [0.15, 0.2) is 11.5 Å². The van der Waals surface area contributed by atoms with Crippen LogP contribution in [-0.4, -0.2) is 38.9 Å². The highest BCUT2D eigenvalue weighted by Crippen LogP contribution is 2.43. The molecule has 6 nitrogen and oxygen atoms in total. The van der Waals surface area contributed by atoms with Crippen molar-refractivity contribution in [2.24, 2.45) is 0 Å². The number of H-pyrrole nitrogens is 1. The minimum absolute atomic E-state index is 0.317. The zero-order chi connectivity index (χ0) is 14.7. The molecule has 0 aliphatic rings. The third-order valence-corrected chi connectivity index (χ3v) is 2.92. The van der Waals surface area contributed by atoms with E-state index in [4.69, 9.17) is 18.9 Å². The molecule has 0 saturated heterocycles. The molecule has 0 bridgehead atoms. The number of esters is 1. The second kappa shape index (κ2) is 5.73. The average molecular weight is 279 g/mol. The number of nitrogens with one attached hydrogen (secondary N) is 1. The first-order chi connectivity index (χ1) is 9.65. The fourth-order valence-electron chi connectivity index (χ4n) is 2.07. The maximum absolute atomic E-state index is 11.8. The minimum atomic E-state index is -0.413. The fourth-order valence-corrected chi connectivity index (χ4v) is 2.07. The van der Waals surface area contributed by atoms with Gasteiger partial charge in [-0.15, -0.1) is 0 Å². The van der Waals surface area contributed by atoms with Crippen LogP contribution in [-0.2, 0) is 4.74 Å². The van der Waals surface area contributed by atoms with Crippen molar-refractivity contribution in [3.63, 3.8) is 0 Å². The van der Waals surface area contributed by atoms with Gasteiger partial charge in [-0.05, 0) is 13.0 Å². The van der Waals surface area contributed by atoms with Crippen molar-refractivity contribution in [2.45, 2.75) is 6.92 Å². The lowest BCUT2D eigenvalue weighted by Gasteiger charge is -2.12. The highest BCUT2D eigenvalue weighted by atomic mass is 16.5. The number of carbonyl (C=O) groups is 1. The monoisotopic (exact) mass is 279 g/mol. The molecule has 1 aromatic carbocycles. The number of hydrogen-bond acceptors (Lipinski definition) is 5. The van der Waals surface area contributed by atoms with Gasteiger partial charge in [0, 0.05) is 11.5 Å². The topological polar surface area (TPSA) is 69.8 Å². The molecule has 0 saturated carbocycles. The number of benzene rings is 1. The van der Waals surface area contributed by atoms with Crippen LogP contribution in [0.1, 0.15) is 17.4 Å². The van der Waals surface area contributed by atoms with E-state index in [0.29, 0.717) is 35.1 Å². The molecule has 2 aromatic rings. The number of methoxy groups -OCH3 is 3. The van der Waals surface area contributed by atoms with Gasteiger partial charge in [0.25, 0.3) is 0 Å². The Morgan fingerprint density at radius 1 is 1.10 bits per heavy atom. The Hall–Kier alpha value is -2.37. The predicted octanol–water partition coefficient (Wildman–Crippen LogP) is 2.37. The Bertz CT molecular complexity index is 632.